The Hall–Kier alpha value is -1.10. The zero-order valence-electron chi connectivity index (χ0n) is 11.4. The van der Waals surface area contributed by atoms with Crippen LogP contribution in [-0.2, 0) is 9.59 Å². The van der Waals surface area contributed by atoms with Gasteiger partial charge in [0.15, 0.2) is 0 Å². The first-order chi connectivity index (χ1) is 9.11. The Kier molecular flexibility index (Phi) is 4.80. The standard InChI is InChI=1S/C14H25N3O2/c15-8-10-2-1-3-12(10)14(19)17-11-6-4-9(5-7-11)13(16)18/h9-12H,1-8,15H2,(H2,16,18)(H,17,19). The molecule has 0 heterocycles. The number of carbonyl (C=O) groups excluding carboxylic acids is 2. The van der Waals surface area contributed by atoms with Crippen LogP contribution in [0.25, 0.3) is 0 Å². The zero-order valence-corrected chi connectivity index (χ0v) is 11.4. The molecule has 2 aliphatic carbocycles. The van der Waals surface area contributed by atoms with Gasteiger partial charge >= 0.3 is 0 Å². The molecule has 0 radical (unpaired) electrons. The molecule has 2 aliphatic rings. The molecule has 2 unspecified atom stereocenters. The minimum atomic E-state index is -0.205. The van der Waals surface area contributed by atoms with Crippen LogP contribution in [0.4, 0.5) is 0 Å². The van der Waals surface area contributed by atoms with Gasteiger partial charge in [0.2, 0.25) is 11.8 Å². The number of amides is 2. The molecule has 2 saturated carbocycles. The van der Waals surface area contributed by atoms with Crippen LogP contribution >= 0.6 is 0 Å². The molecule has 2 amide bonds. The maximum atomic E-state index is 12.2. The van der Waals surface area contributed by atoms with Gasteiger partial charge < -0.3 is 16.8 Å². The molecule has 0 aliphatic heterocycles. The number of hydrogen-bond donors (Lipinski definition) is 3. The second kappa shape index (κ2) is 6.37. The third kappa shape index (κ3) is 3.47. The second-order valence-corrected chi connectivity index (χ2v) is 5.99. The second-order valence-electron chi connectivity index (χ2n) is 5.99. The fourth-order valence-corrected chi connectivity index (χ4v) is 3.49. The van der Waals surface area contributed by atoms with Crippen LogP contribution < -0.4 is 16.8 Å². The molecule has 0 aromatic carbocycles. The van der Waals surface area contributed by atoms with Crippen LogP contribution in [-0.4, -0.2) is 24.4 Å². The lowest BCUT2D eigenvalue weighted by molar-refractivity contribution is -0.127. The third-order valence-electron chi connectivity index (χ3n) is 4.77. The van der Waals surface area contributed by atoms with Gasteiger partial charge in [-0.3, -0.25) is 9.59 Å². The molecule has 0 saturated heterocycles. The summed E-state index contributed by atoms with van der Waals surface area (Å²) in [5, 5.41) is 3.14. The third-order valence-corrected chi connectivity index (χ3v) is 4.77. The molecular weight excluding hydrogens is 242 g/mol. The quantitative estimate of drug-likeness (QED) is 0.692. The topological polar surface area (TPSA) is 98.2 Å². The summed E-state index contributed by atoms with van der Waals surface area (Å²) in [5.74, 6) is 0.400. The Bertz CT molecular complexity index is 338. The van der Waals surface area contributed by atoms with E-state index in [4.69, 9.17) is 11.5 Å². The molecule has 2 fully saturated rings. The van der Waals surface area contributed by atoms with Crippen molar-refractivity contribution in [2.45, 2.75) is 51.0 Å². The molecule has 108 valence electrons. The van der Waals surface area contributed by atoms with E-state index in [2.05, 4.69) is 5.32 Å². The summed E-state index contributed by atoms with van der Waals surface area (Å²) in [5.41, 5.74) is 11.0. The summed E-state index contributed by atoms with van der Waals surface area (Å²) in [7, 11) is 0. The van der Waals surface area contributed by atoms with E-state index in [0.717, 1.165) is 44.9 Å². The van der Waals surface area contributed by atoms with E-state index >= 15 is 0 Å². The number of primary amides is 1. The van der Waals surface area contributed by atoms with Crippen molar-refractivity contribution < 1.29 is 9.59 Å². The fraction of sp³-hybridized carbons (Fsp3) is 0.857. The SMILES string of the molecule is NCC1CCCC1C(=O)NC1CCC(C(N)=O)CC1. The van der Waals surface area contributed by atoms with Crippen molar-refractivity contribution in [1.82, 2.24) is 5.32 Å². The van der Waals surface area contributed by atoms with Crippen LogP contribution in [0.2, 0.25) is 0 Å². The van der Waals surface area contributed by atoms with Crippen molar-refractivity contribution in [3.8, 4) is 0 Å². The van der Waals surface area contributed by atoms with E-state index in [9.17, 15) is 9.59 Å². The van der Waals surface area contributed by atoms with Gasteiger partial charge in [-0.2, -0.15) is 0 Å². The van der Waals surface area contributed by atoms with E-state index in [1.54, 1.807) is 0 Å². The number of carbonyl (C=O) groups is 2. The number of nitrogens with two attached hydrogens (primary N) is 2. The lowest BCUT2D eigenvalue weighted by atomic mass is 9.85. The van der Waals surface area contributed by atoms with Crippen molar-refractivity contribution in [2.75, 3.05) is 6.54 Å². The van der Waals surface area contributed by atoms with Crippen LogP contribution in [0.1, 0.15) is 44.9 Å². The van der Waals surface area contributed by atoms with Crippen LogP contribution in [0.15, 0.2) is 0 Å². The normalized spacial score (nSPS) is 35.0. The first-order valence-corrected chi connectivity index (χ1v) is 7.41. The van der Waals surface area contributed by atoms with Crippen molar-refractivity contribution in [2.24, 2.45) is 29.2 Å². The van der Waals surface area contributed by atoms with Crippen molar-refractivity contribution in [3.05, 3.63) is 0 Å². The monoisotopic (exact) mass is 267 g/mol. The van der Waals surface area contributed by atoms with E-state index in [0.29, 0.717) is 12.5 Å². The zero-order chi connectivity index (χ0) is 13.8. The van der Waals surface area contributed by atoms with Gasteiger partial charge in [-0.25, -0.2) is 0 Å². The van der Waals surface area contributed by atoms with Gasteiger partial charge in [0.25, 0.3) is 0 Å². The Morgan fingerprint density at radius 2 is 1.74 bits per heavy atom. The van der Waals surface area contributed by atoms with Gasteiger partial charge in [-0.05, 0) is 51.0 Å². The Balaban J connectivity index is 1.79. The maximum Gasteiger partial charge on any atom is 0.223 e. The largest absolute Gasteiger partial charge is 0.369 e. The molecule has 5 N–H and O–H groups in total. The lowest BCUT2D eigenvalue weighted by Crippen LogP contribution is -2.43. The average molecular weight is 267 g/mol. The summed E-state index contributed by atoms with van der Waals surface area (Å²) in [6.07, 6.45) is 6.46. The maximum absolute atomic E-state index is 12.2. The smallest absolute Gasteiger partial charge is 0.223 e. The highest BCUT2D eigenvalue weighted by molar-refractivity contribution is 5.80. The highest BCUT2D eigenvalue weighted by atomic mass is 16.2. The minimum absolute atomic E-state index is 0.00331. The van der Waals surface area contributed by atoms with Crippen molar-refractivity contribution in [1.29, 1.82) is 0 Å². The molecule has 19 heavy (non-hydrogen) atoms. The molecule has 0 aromatic heterocycles. The van der Waals surface area contributed by atoms with Crippen LogP contribution in [0.3, 0.4) is 0 Å². The van der Waals surface area contributed by atoms with Crippen LogP contribution in [0, 0.1) is 17.8 Å². The lowest BCUT2D eigenvalue weighted by Gasteiger charge is -2.29. The van der Waals surface area contributed by atoms with Crippen LogP contribution in [0.5, 0.6) is 0 Å². The summed E-state index contributed by atoms with van der Waals surface area (Å²) in [6.45, 7) is 0.604. The van der Waals surface area contributed by atoms with Crippen molar-refractivity contribution >= 4 is 11.8 Å². The number of rotatable bonds is 4. The summed E-state index contributed by atoms with van der Waals surface area (Å²) in [6, 6.07) is 0.210. The summed E-state index contributed by atoms with van der Waals surface area (Å²) < 4.78 is 0. The predicted octanol–water partition coefficient (Wildman–Crippen LogP) is 0.522. The molecule has 5 nitrogen and oxygen atoms in total. The molecule has 0 spiro atoms. The molecule has 5 heteroatoms. The van der Waals surface area contributed by atoms with Gasteiger partial charge in [0.1, 0.15) is 0 Å². The Morgan fingerprint density at radius 3 is 2.32 bits per heavy atom. The first kappa shape index (κ1) is 14.3. The fourth-order valence-electron chi connectivity index (χ4n) is 3.49. The summed E-state index contributed by atoms with van der Waals surface area (Å²) in [4.78, 5) is 23.3. The van der Waals surface area contributed by atoms with E-state index in [-0.39, 0.29) is 29.7 Å². The Morgan fingerprint density at radius 1 is 1.05 bits per heavy atom. The highest BCUT2D eigenvalue weighted by Crippen LogP contribution is 2.32. The van der Waals surface area contributed by atoms with Gasteiger partial charge in [0.05, 0.1) is 0 Å². The Labute approximate surface area is 114 Å². The molecule has 0 bridgehead atoms. The highest BCUT2D eigenvalue weighted by Gasteiger charge is 2.33. The summed E-state index contributed by atoms with van der Waals surface area (Å²) >= 11 is 0. The molecular formula is C14H25N3O2. The van der Waals surface area contributed by atoms with E-state index in [1.165, 1.54) is 0 Å². The molecule has 0 aromatic rings. The first-order valence-electron chi connectivity index (χ1n) is 7.41. The number of hydrogen-bond acceptors (Lipinski definition) is 3. The minimum Gasteiger partial charge on any atom is -0.369 e. The molecule has 2 rings (SSSR count). The van der Waals surface area contributed by atoms with Gasteiger partial charge in [0, 0.05) is 17.9 Å². The van der Waals surface area contributed by atoms with E-state index < -0.39 is 0 Å². The molecule has 2 atom stereocenters. The van der Waals surface area contributed by atoms with Crippen molar-refractivity contribution in [3.63, 3.8) is 0 Å². The van der Waals surface area contributed by atoms with Gasteiger partial charge in [-0.15, -0.1) is 0 Å². The van der Waals surface area contributed by atoms with Gasteiger partial charge in [-0.1, -0.05) is 6.42 Å². The predicted molar refractivity (Wildman–Crippen MR) is 73.0 cm³/mol. The van der Waals surface area contributed by atoms with E-state index in [1.807, 2.05) is 0 Å². The average Bonchev–Trinajstić information content (AvgIpc) is 2.87. The number of nitrogens with one attached hydrogen (secondary N) is 1.